The number of aromatic nitrogens is 5. The summed E-state index contributed by atoms with van der Waals surface area (Å²) < 4.78 is 14.2. The molecule has 0 fully saturated rings. The van der Waals surface area contributed by atoms with Crippen molar-refractivity contribution in [3.05, 3.63) is 59.1 Å². The first kappa shape index (κ1) is 17.3. The molecule has 0 saturated carbocycles. The summed E-state index contributed by atoms with van der Waals surface area (Å²) in [5, 5.41) is 12.6. The normalized spacial score (nSPS) is 11.1. The first-order valence-electron chi connectivity index (χ1n) is 8.49. The lowest BCUT2D eigenvalue weighted by molar-refractivity contribution is 0.337. The van der Waals surface area contributed by atoms with Gasteiger partial charge in [-0.15, -0.1) is 5.10 Å². The number of hydrogen-bond acceptors (Lipinski definition) is 7. The molecule has 0 atom stereocenters. The average Bonchev–Trinajstić information content (AvgIpc) is 3.27. The number of rotatable bonds is 7. The summed E-state index contributed by atoms with van der Waals surface area (Å²) in [6.45, 7) is 2.97. The van der Waals surface area contributed by atoms with E-state index in [4.69, 9.17) is 9.15 Å². The molecule has 4 rings (SSSR count). The number of hydrogen-bond donors (Lipinski definition) is 0. The number of thioether (sulfide) groups is 1. The van der Waals surface area contributed by atoms with Crippen LogP contribution in [0.15, 0.2) is 62.9 Å². The summed E-state index contributed by atoms with van der Waals surface area (Å²) in [4.78, 5) is 12.1. The maximum atomic E-state index is 12.1. The largest absolute Gasteiger partial charge is 0.492 e. The smallest absolute Gasteiger partial charge is 0.419 e. The van der Waals surface area contributed by atoms with Gasteiger partial charge in [-0.1, -0.05) is 36.0 Å². The summed E-state index contributed by atoms with van der Waals surface area (Å²) >= 11 is 1.46. The molecule has 0 aliphatic rings. The van der Waals surface area contributed by atoms with Crippen LogP contribution in [-0.2, 0) is 6.54 Å². The van der Waals surface area contributed by atoms with Crippen LogP contribution >= 0.6 is 11.8 Å². The second-order valence-corrected chi connectivity index (χ2v) is 6.67. The highest BCUT2D eigenvalue weighted by Gasteiger charge is 2.14. The highest BCUT2D eigenvalue weighted by Crippen LogP contribution is 2.26. The van der Waals surface area contributed by atoms with E-state index in [1.165, 1.54) is 11.8 Å². The van der Waals surface area contributed by atoms with Gasteiger partial charge in [0.15, 0.2) is 5.58 Å². The third-order valence-corrected chi connectivity index (χ3v) is 4.85. The highest BCUT2D eigenvalue weighted by molar-refractivity contribution is 7.99. The van der Waals surface area contributed by atoms with Crippen molar-refractivity contribution in [2.45, 2.75) is 18.6 Å². The Labute approximate surface area is 158 Å². The summed E-state index contributed by atoms with van der Waals surface area (Å²) in [5.41, 5.74) is 2.14. The van der Waals surface area contributed by atoms with Crippen LogP contribution in [0.2, 0.25) is 0 Å². The summed E-state index contributed by atoms with van der Waals surface area (Å²) in [6.07, 6.45) is 0. The average molecular weight is 383 g/mol. The molecule has 0 N–H and O–H groups in total. The van der Waals surface area contributed by atoms with E-state index in [0.717, 1.165) is 11.2 Å². The van der Waals surface area contributed by atoms with E-state index in [-0.39, 0.29) is 5.76 Å². The molecule has 0 saturated heterocycles. The van der Waals surface area contributed by atoms with Crippen LogP contribution in [0.1, 0.15) is 6.92 Å². The Morgan fingerprint density at radius 2 is 1.96 bits per heavy atom. The fourth-order valence-electron chi connectivity index (χ4n) is 2.78. The molecule has 27 heavy (non-hydrogen) atoms. The second-order valence-electron chi connectivity index (χ2n) is 5.61. The van der Waals surface area contributed by atoms with Gasteiger partial charge in [-0.25, -0.2) is 4.79 Å². The lowest BCUT2D eigenvalue weighted by Crippen LogP contribution is -2.15. The fourth-order valence-corrected chi connectivity index (χ4v) is 3.59. The number of oxazole rings is 1. The Hall–Kier alpha value is -3.07. The van der Waals surface area contributed by atoms with Crippen molar-refractivity contribution in [2.24, 2.45) is 0 Å². The molecule has 0 radical (unpaired) electrons. The molecule has 0 bridgehead atoms. The van der Waals surface area contributed by atoms with Crippen molar-refractivity contribution in [3.63, 3.8) is 0 Å². The number of fused-ring (bicyclic) bond motifs is 1. The third-order valence-electron chi connectivity index (χ3n) is 3.95. The molecule has 2 aromatic carbocycles. The molecule has 9 heteroatoms. The van der Waals surface area contributed by atoms with Crippen molar-refractivity contribution < 1.29 is 9.15 Å². The molecule has 2 heterocycles. The zero-order valence-electron chi connectivity index (χ0n) is 14.6. The molecule has 0 unspecified atom stereocenters. The standard InChI is InChI=1S/C18H17N5O3S/c1-2-25-15-9-5-4-8-14(15)23-17(19-20-21-23)27-12-11-22-13-7-3-6-10-16(13)26-18(22)24/h3-10H,2,11-12H2,1H3. The van der Waals surface area contributed by atoms with E-state index in [1.807, 2.05) is 49.4 Å². The Kier molecular flexibility index (Phi) is 4.93. The quantitative estimate of drug-likeness (QED) is 0.453. The Morgan fingerprint density at radius 3 is 2.85 bits per heavy atom. The zero-order valence-corrected chi connectivity index (χ0v) is 15.4. The minimum atomic E-state index is -0.363. The minimum absolute atomic E-state index is 0.363. The Bertz CT molecular complexity index is 1120. The molecule has 0 spiro atoms. The predicted octanol–water partition coefficient (Wildman–Crippen LogP) is 2.76. The van der Waals surface area contributed by atoms with E-state index < -0.39 is 0 Å². The van der Waals surface area contributed by atoms with Crippen molar-refractivity contribution >= 4 is 22.9 Å². The fraction of sp³-hybridized carbons (Fsp3) is 0.222. The number of nitrogens with zero attached hydrogens (tertiary/aromatic N) is 5. The maximum absolute atomic E-state index is 12.1. The van der Waals surface area contributed by atoms with Crippen molar-refractivity contribution in [2.75, 3.05) is 12.4 Å². The first-order chi connectivity index (χ1) is 13.3. The molecule has 8 nitrogen and oxygen atoms in total. The topological polar surface area (TPSA) is 88.0 Å². The van der Waals surface area contributed by atoms with Gasteiger partial charge in [-0.3, -0.25) is 4.57 Å². The monoisotopic (exact) mass is 383 g/mol. The molecular weight excluding hydrogens is 366 g/mol. The van der Waals surface area contributed by atoms with Crippen LogP contribution < -0.4 is 10.5 Å². The van der Waals surface area contributed by atoms with E-state index >= 15 is 0 Å². The van der Waals surface area contributed by atoms with Crippen LogP contribution in [0.3, 0.4) is 0 Å². The molecule has 2 aromatic heterocycles. The molecule has 0 aliphatic carbocycles. The molecule has 138 valence electrons. The molecular formula is C18H17N5O3S. The summed E-state index contributed by atoms with van der Waals surface area (Å²) in [5.74, 6) is 0.963. The first-order valence-corrected chi connectivity index (χ1v) is 9.48. The SMILES string of the molecule is CCOc1ccccc1-n1nnnc1SCCn1c(=O)oc2ccccc21. The number of ether oxygens (including phenoxy) is 1. The number of benzene rings is 2. The second kappa shape index (κ2) is 7.67. The van der Waals surface area contributed by atoms with Gasteiger partial charge in [-0.2, -0.15) is 4.68 Å². The van der Waals surface area contributed by atoms with Crippen LogP contribution in [0.25, 0.3) is 16.8 Å². The van der Waals surface area contributed by atoms with Gasteiger partial charge in [-0.05, 0) is 41.6 Å². The van der Waals surface area contributed by atoms with E-state index in [2.05, 4.69) is 15.5 Å². The maximum Gasteiger partial charge on any atom is 0.419 e. The number of tetrazole rings is 1. The van der Waals surface area contributed by atoms with Gasteiger partial charge in [0, 0.05) is 12.3 Å². The van der Waals surface area contributed by atoms with Gasteiger partial charge < -0.3 is 9.15 Å². The van der Waals surface area contributed by atoms with Gasteiger partial charge >= 0.3 is 5.76 Å². The van der Waals surface area contributed by atoms with Crippen LogP contribution in [0, 0.1) is 0 Å². The van der Waals surface area contributed by atoms with Gasteiger partial charge in [0.25, 0.3) is 0 Å². The summed E-state index contributed by atoms with van der Waals surface area (Å²) in [7, 11) is 0. The van der Waals surface area contributed by atoms with Crippen molar-refractivity contribution in [3.8, 4) is 11.4 Å². The van der Waals surface area contributed by atoms with Crippen LogP contribution in [0.5, 0.6) is 5.75 Å². The Morgan fingerprint density at radius 1 is 1.15 bits per heavy atom. The van der Waals surface area contributed by atoms with Gasteiger partial charge in [0.1, 0.15) is 11.4 Å². The number of aryl methyl sites for hydroxylation is 1. The Balaban J connectivity index is 1.53. The van der Waals surface area contributed by atoms with E-state index in [1.54, 1.807) is 15.3 Å². The minimum Gasteiger partial charge on any atom is -0.492 e. The van der Waals surface area contributed by atoms with Crippen molar-refractivity contribution in [1.29, 1.82) is 0 Å². The lowest BCUT2D eigenvalue weighted by Gasteiger charge is -2.10. The van der Waals surface area contributed by atoms with E-state index in [9.17, 15) is 4.79 Å². The lowest BCUT2D eigenvalue weighted by atomic mass is 10.3. The van der Waals surface area contributed by atoms with Gasteiger partial charge in [0.2, 0.25) is 5.16 Å². The predicted molar refractivity (Wildman–Crippen MR) is 102 cm³/mol. The zero-order chi connectivity index (χ0) is 18.6. The third kappa shape index (κ3) is 3.45. The molecule has 4 aromatic rings. The highest BCUT2D eigenvalue weighted by atomic mass is 32.2. The summed E-state index contributed by atoms with van der Waals surface area (Å²) in [6, 6.07) is 15.0. The van der Waals surface area contributed by atoms with Crippen molar-refractivity contribution in [1.82, 2.24) is 24.8 Å². The van der Waals surface area contributed by atoms with E-state index in [0.29, 0.717) is 35.4 Å². The van der Waals surface area contributed by atoms with Gasteiger partial charge in [0.05, 0.1) is 12.1 Å². The van der Waals surface area contributed by atoms with Crippen LogP contribution in [0.4, 0.5) is 0 Å². The number of para-hydroxylation sites is 4. The molecule has 0 aliphatic heterocycles. The molecule has 0 amide bonds. The van der Waals surface area contributed by atoms with Crippen LogP contribution in [-0.4, -0.2) is 37.1 Å².